The Bertz CT molecular complexity index is 553. The highest BCUT2D eigenvalue weighted by Crippen LogP contribution is 2.47. The van der Waals surface area contributed by atoms with Crippen molar-refractivity contribution in [3.8, 4) is 0 Å². The molecule has 2 aliphatic rings. The number of benzene rings is 1. The summed E-state index contributed by atoms with van der Waals surface area (Å²) < 4.78 is 0. The maximum absolute atomic E-state index is 11.6. The highest BCUT2D eigenvalue weighted by atomic mass is 16.6. The van der Waals surface area contributed by atoms with E-state index in [1.165, 1.54) is 6.07 Å². The van der Waals surface area contributed by atoms with E-state index in [0.717, 1.165) is 36.1 Å². The largest absolute Gasteiger partial charge is 0.312 e. The lowest BCUT2D eigenvalue weighted by Crippen LogP contribution is -2.26. The molecule has 3 rings (SSSR count). The van der Waals surface area contributed by atoms with E-state index in [4.69, 9.17) is 0 Å². The first-order chi connectivity index (χ1) is 8.59. The highest BCUT2D eigenvalue weighted by molar-refractivity contribution is 5.95. The molecule has 1 aliphatic carbocycles. The second kappa shape index (κ2) is 3.80. The van der Waals surface area contributed by atoms with Gasteiger partial charge in [0.2, 0.25) is 5.91 Å². The summed E-state index contributed by atoms with van der Waals surface area (Å²) >= 11 is 0. The molecule has 1 aliphatic heterocycles. The summed E-state index contributed by atoms with van der Waals surface area (Å²) in [6.07, 6.45) is 2.74. The van der Waals surface area contributed by atoms with Crippen LogP contribution in [0.5, 0.6) is 0 Å². The highest BCUT2D eigenvalue weighted by Gasteiger charge is 2.37. The molecule has 0 spiro atoms. The van der Waals surface area contributed by atoms with Gasteiger partial charge in [0.1, 0.15) is 0 Å². The van der Waals surface area contributed by atoms with Crippen molar-refractivity contribution in [2.45, 2.75) is 32.1 Å². The molecule has 1 aromatic rings. The van der Waals surface area contributed by atoms with Gasteiger partial charge in [0.05, 0.1) is 4.92 Å². The lowest BCUT2D eigenvalue weighted by Gasteiger charge is -2.19. The van der Waals surface area contributed by atoms with Crippen LogP contribution in [0, 0.1) is 10.1 Å². The normalized spacial score (nSPS) is 20.7. The summed E-state index contributed by atoms with van der Waals surface area (Å²) in [6.45, 7) is 2.23. The van der Waals surface area contributed by atoms with Crippen molar-refractivity contribution in [1.82, 2.24) is 0 Å². The van der Waals surface area contributed by atoms with Crippen LogP contribution in [0.1, 0.15) is 36.8 Å². The Morgan fingerprint density at radius 3 is 2.94 bits per heavy atom. The molecule has 5 heteroatoms. The molecule has 0 fully saturated rings. The molecule has 0 N–H and O–H groups in total. The Hall–Kier alpha value is -1.91. The first-order valence-electron chi connectivity index (χ1n) is 6.18. The number of nitrogens with zero attached hydrogens (tertiary/aromatic N) is 2. The van der Waals surface area contributed by atoms with Crippen molar-refractivity contribution in [2.75, 3.05) is 11.4 Å². The second-order valence-electron chi connectivity index (χ2n) is 4.97. The molecular formula is C13H14N2O3. The van der Waals surface area contributed by atoms with E-state index in [1.807, 2.05) is 0 Å². The molecule has 0 radical (unpaired) electrons. The van der Waals surface area contributed by atoms with Crippen molar-refractivity contribution in [2.24, 2.45) is 0 Å². The molecule has 1 heterocycles. The molecule has 1 aromatic carbocycles. The van der Waals surface area contributed by atoms with E-state index >= 15 is 0 Å². The Kier molecular flexibility index (Phi) is 2.36. The third kappa shape index (κ3) is 1.43. The summed E-state index contributed by atoms with van der Waals surface area (Å²) in [6, 6.07) is 3.27. The Labute approximate surface area is 105 Å². The predicted octanol–water partition coefficient (Wildman–Crippen LogP) is 2.38. The molecule has 18 heavy (non-hydrogen) atoms. The molecule has 1 amide bonds. The fourth-order valence-electron chi connectivity index (χ4n) is 3.23. The monoisotopic (exact) mass is 246 g/mol. The van der Waals surface area contributed by atoms with Crippen LogP contribution in [0.25, 0.3) is 0 Å². The number of hydrogen-bond acceptors (Lipinski definition) is 3. The van der Waals surface area contributed by atoms with Gasteiger partial charge in [-0.2, -0.15) is 0 Å². The van der Waals surface area contributed by atoms with E-state index < -0.39 is 0 Å². The smallest absolute Gasteiger partial charge is 0.273 e. The van der Waals surface area contributed by atoms with Gasteiger partial charge in [0.25, 0.3) is 5.69 Å². The average molecular weight is 246 g/mol. The molecule has 0 bridgehead atoms. The van der Waals surface area contributed by atoms with Gasteiger partial charge in [0.15, 0.2) is 0 Å². The number of anilines is 1. The Morgan fingerprint density at radius 1 is 1.50 bits per heavy atom. The lowest BCUT2D eigenvalue weighted by molar-refractivity contribution is -0.385. The third-order valence-corrected chi connectivity index (χ3v) is 3.97. The van der Waals surface area contributed by atoms with Crippen LogP contribution in [-0.2, 0) is 11.2 Å². The van der Waals surface area contributed by atoms with E-state index in [2.05, 4.69) is 0 Å². The zero-order valence-electron chi connectivity index (χ0n) is 10.2. The first kappa shape index (κ1) is 11.2. The van der Waals surface area contributed by atoms with Crippen molar-refractivity contribution >= 4 is 17.3 Å². The van der Waals surface area contributed by atoms with Crippen LogP contribution >= 0.6 is 0 Å². The van der Waals surface area contributed by atoms with Gasteiger partial charge in [-0.1, -0.05) is 0 Å². The standard InChI is InChI=1S/C13H14N2O3/c1-8(16)14-7-9-3-2-4-10-11(15(17)18)5-6-12(14)13(9)10/h5-6,9H,2-4,7H2,1H3. The average Bonchev–Trinajstić information content (AvgIpc) is 2.71. The van der Waals surface area contributed by atoms with Gasteiger partial charge >= 0.3 is 0 Å². The Morgan fingerprint density at radius 2 is 2.28 bits per heavy atom. The molecule has 5 nitrogen and oxygen atoms in total. The molecule has 1 atom stereocenters. The fraction of sp³-hybridized carbons (Fsp3) is 0.462. The summed E-state index contributed by atoms with van der Waals surface area (Å²) in [7, 11) is 0. The lowest BCUT2D eigenvalue weighted by atomic mass is 9.83. The minimum absolute atomic E-state index is 0.0143. The van der Waals surface area contributed by atoms with E-state index in [-0.39, 0.29) is 22.4 Å². The minimum Gasteiger partial charge on any atom is -0.312 e. The number of hydrogen-bond donors (Lipinski definition) is 0. The second-order valence-corrected chi connectivity index (χ2v) is 4.97. The maximum atomic E-state index is 11.6. The van der Waals surface area contributed by atoms with Gasteiger partial charge in [0, 0.05) is 36.7 Å². The van der Waals surface area contributed by atoms with Gasteiger partial charge in [-0.15, -0.1) is 0 Å². The van der Waals surface area contributed by atoms with E-state index in [1.54, 1.807) is 17.9 Å². The molecule has 1 unspecified atom stereocenters. The third-order valence-electron chi connectivity index (χ3n) is 3.97. The van der Waals surface area contributed by atoms with Crippen LogP contribution in [0.3, 0.4) is 0 Å². The van der Waals surface area contributed by atoms with Gasteiger partial charge in [-0.05, 0) is 30.9 Å². The molecule has 0 saturated carbocycles. The van der Waals surface area contributed by atoms with E-state index in [0.29, 0.717) is 6.54 Å². The van der Waals surface area contributed by atoms with Crippen LogP contribution in [0.2, 0.25) is 0 Å². The van der Waals surface area contributed by atoms with Crippen LogP contribution in [0.15, 0.2) is 12.1 Å². The maximum Gasteiger partial charge on any atom is 0.273 e. The number of rotatable bonds is 1. The number of amides is 1. The molecule has 0 saturated heterocycles. The minimum atomic E-state index is -0.311. The van der Waals surface area contributed by atoms with Gasteiger partial charge in [-0.3, -0.25) is 14.9 Å². The molecule has 0 aromatic heterocycles. The van der Waals surface area contributed by atoms with Crippen LogP contribution in [-0.4, -0.2) is 17.4 Å². The quantitative estimate of drug-likeness (QED) is 0.564. The number of carbonyl (C=O) groups excluding carboxylic acids is 1. The van der Waals surface area contributed by atoms with Gasteiger partial charge in [-0.25, -0.2) is 0 Å². The predicted molar refractivity (Wildman–Crippen MR) is 66.8 cm³/mol. The zero-order valence-corrected chi connectivity index (χ0v) is 10.2. The Balaban J connectivity index is 2.20. The summed E-state index contributed by atoms with van der Waals surface area (Å²) in [4.78, 5) is 24.1. The van der Waals surface area contributed by atoms with Crippen molar-refractivity contribution in [1.29, 1.82) is 0 Å². The fourth-order valence-corrected chi connectivity index (χ4v) is 3.23. The van der Waals surface area contributed by atoms with Crippen LogP contribution < -0.4 is 4.90 Å². The molecular weight excluding hydrogens is 232 g/mol. The van der Waals surface area contributed by atoms with E-state index in [9.17, 15) is 14.9 Å². The number of carbonyl (C=O) groups is 1. The zero-order chi connectivity index (χ0) is 12.9. The van der Waals surface area contributed by atoms with Crippen molar-refractivity contribution in [3.63, 3.8) is 0 Å². The summed E-state index contributed by atoms with van der Waals surface area (Å²) in [5.74, 6) is 0.299. The van der Waals surface area contributed by atoms with Gasteiger partial charge < -0.3 is 4.90 Å². The SMILES string of the molecule is CC(=O)N1CC2CCCc3c([N+](=O)[O-])ccc1c32. The van der Waals surface area contributed by atoms with Crippen LogP contribution in [0.4, 0.5) is 11.4 Å². The number of nitro groups is 1. The van der Waals surface area contributed by atoms with Crippen molar-refractivity contribution < 1.29 is 9.72 Å². The number of nitro benzene ring substituents is 1. The first-order valence-corrected chi connectivity index (χ1v) is 6.18. The summed E-state index contributed by atoms with van der Waals surface area (Å²) in [5.41, 5.74) is 2.99. The van der Waals surface area contributed by atoms with Crippen molar-refractivity contribution in [3.05, 3.63) is 33.4 Å². The summed E-state index contributed by atoms with van der Waals surface area (Å²) in [5, 5.41) is 11.1. The molecule has 94 valence electrons. The topological polar surface area (TPSA) is 63.5 Å².